The molecule has 8 nitrogen and oxygen atoms in total. The lowest BCUT2D eigenvalue weighted by atomic mass is 10.0. The Morgan fingerprint density at radius 1 is 1.12 bits per heavy atom. The molecule has 0 fully saturated rings. The molecule has 174 valence electrons. The van der Waals surface area contributed by atoms with Crippen molar-refractivity contribution in [2.45, 2.75) is 32.0 Å². The number of methoxy groups -OCH3 is 1. The lowest BCUT2D eigenvalue weighted by Gasteiger charge is -2.21. The molecule has 3 rings (SSSR count). The summed E-state index contributed by atoms with van der Waals surface area (Å²) in [5, 5.41) is 15.1. The molecule has 0 aliphatic heterocycles. The second-order valence-corrected chi connectivity index (χ2v) is 8.94. The maximum atomic E-state index is 12.8. The molecule has 0 saturated carbocycles. The molecule has 9 heteroatoms. The van der Waals surface area contributed by atoms with Gasteiger partial charge >= 0.3 is 0 Å². The van der Waals surface area contributed by atoms with Crippen molar-refractivity contribution in [2.75, 3.05) is 18.2 Å². The summed E-state index contributed by atoms with van der Waals surface area (Å²) in [6.07, 6.45) is 0. The number of nitrogens with zero attached hydrogens (tertiary/aromatic N) is 3. The molecular formula is C24H29N5O3S. The third-order valence-corrected chi connectivity index (χ3v) is 6.11. The van der Waals surface area contributed by atoms with Crippen molar-refractivity contribution in [3.63, 3.8) is 0 Å². The Morgan fingerprint density at radius 2 is 1.88 bits per heavy atom. The lowest BCUT2D eigenvalue weighted by molar-refractivity contribution is -0.113. The fourth-order valence-corrected chi connectivity index (χ4v) is 4.05. The standard InChI is InChI=1S/C24H29N5O3S/c1-15(2)21(26-23(31)17-10-8-9-16(3)13-17)22-27-28-24(29(22)4)33-14-20(30)25-18-11-6-7-12-19(18)32-5/h6-13,15,21H,14H2,1-5H3,(H,25,30)(H,26,31). The predicted octanol–water partition coefficient (Wildman–Crippen LogP) is 3.99. The zero-order valence-corrected chi connectivity index (χ0v) is 20.3. The van der Waals surface area contributed by atoms with E-state index in [1.165, 1.54) is 11.8 Å². The number of hydrogen-bond acceptors (Lipinski definition) is 6. The van der Waals surface area contributed by atoms with Gasteiger partial charge in [-0.2, -0.15) is 0 Å². The Balaban J connectivity index is 1.67. The number of nitrogens with one attached hydrogen (secondary N) is 2. The summed E-state index contributed by atoms with van der Waals surface area (Å²) in [5.74, 6) is 1.15. The van der Waals surface area contributed by atoms with Crippen molar-refractivity contribution < 1.29 is 14.3 Å². The van der Waals surface area contributed by atoms with Crippen molar-refractivity contribution in [2.24, 2.45) is 13.0 Å². The summed E-state index contributed by atoms with van der Waals surface area (Å²) in [4.78, 5) is 25.2. The van der Waals surface area contributed by atoms with Crippen molar-refractivity contribution in [1.82, 2.24) is 20.1 Å². The van der Waals surface area contributed by atoms with Crippen LogP contribution in [0.5, 0.6) is 5.75 Å². The third-order valence-electron chi connectivity index (χ3n) is 5.09. The number of rotatable bonds is 9. The van der Waals surface area contributed by atoms with E-state index in [1.807, 2.05) is 62.7 Å². The molecule has 0 saturated heterocycles. The fraction of sp³-hybridized carbons (Fsp3) is 0.333. The van der Waals surface area contributed by atoms with Gasteiger partial charge in [-0.15, -0.1) is 10.2 Å². The normalized spacial score (nSPS) is 11.8. The van der Waals surface area contributed by atoms with Crippen molar-refractivity contribution >= 4 is 29.3 Å². The van der Waals surface area contributed by atoms with Gasteiger partial charge in [0.2, 0.25) is 5.91 Å². The highest BCUT2D eigenvalue weighted by Gasteiger charge is 2.25. The molecule has 0 bridgehead atoms. The van der Waals surface area contributed by atoms with Gasteiger partial charge in [0.25, 0.3) is 5.91 Å². The average molecular weight is 468 g/mol. The van der Waals surface area contributed by atoms with Gasteiger partial charge in [-0.1, -0.05) is 55.4 Å². The maximum Gasteiger partial charge on any atom is 0.251 e. The average Bonchev–Trinajstić information content (AvgIpc) is 3.16. The summed E-state index contributed by atoms with van der Waals surface area (Å²) in [5.41, 5.74) is 2.24. The summed E-state index contributed by atoms with van der Waals surface area (Å²) < 4.78 is 7.09. The second kappa shape index (κ2) is 11.0. The van der Waals surface area contributed by atoms with E-state index in [1.54, 1.807) is 25.3 Å². The Morgan fingerprint density at radius 3 is 2.58 bits per heavy atom. The van der Waals surface area contributed by atoms with Gasteiger partial charge in [0, 0.05) is 12.6 Å². The fourth-order valence-electron chi connectivity index (χ4n) is 3.33. The van der Waals surface area contributed by atoms with Gasteiger partial charge in [-0.05, 0) is 37.1 Å². The first-order valence-corrected chi connectivity index (χ1v) is 11.6. The highest BCUT2D eigenvalue weighted by Crippen LogP contribution is 2.26. The van der Waals surface area contributed by atoms with Crippen molar-refractivity contribution in [3.8, 4) is 5.75 Å². The van der Waals surface area contributed by atoms with Gasteiger partial charge < -0.3 is 19.9 Å². The Labute approximate surface area is 198 Å². The van der Waals surface area contributed by atoms with Crippen LogP contribution < -0.4 is 15.4 Å². The number of aromatic nitrogens is 3. The molecule has 1 aromatic heterocycles. The topological polar surface area (TPSA) is 98.1 Å². The van der Waals surface area contributed by atoms with Crippen LogP contribution in [0.3, 0.4) is 0 Å². The molecule has 2 aromatic carbocycles. The van der Waals surface area contributed by atoms with Gasteiger partial charge in [0.05, 0.1) is 24.6 Å². The molecule has 0 aliphatic rings. The van der Waals surface area contributed by atoms with Crippen LogP contribution in [-0.2, 0) is 11.8 Å². The molecule has 1 heterocycles. The van der Waals surface area contributed by atoms with Crippen LogP contribution in [0.15, 0.2) is 53.7 Å². The zero-order chi connectivity index (χ0) is 24.0. The molecule has 2 N–H and O–H groups in total. The van der Waals surface area contributed by atoms with E-state index in [2.05, 4.69) is 20.8 Å². The Bertz CT molecular complexity index is 1130. The highest BCUT2D eigenvalue weighted by molar-refractivity contribution is 7.99. The number of benzene rings is 2. The van der Waals surface area contributed by atoms with Crippen molar-refractivity contribution in [1.29, 1.82) is 0 Å². The number of carbonyl (C=O) groups excluding carboxylic acids is 2. The number of anilines is 1. The summed E-state index contributed by atoms with van der Waals surface area (Å²) in [7, 11) is 3.40. The van der Waals surface area contributed by atoms with E-state index in [-0.39, 0.29) is 29.5 Å². The van der Waals surface area contributed by atoms with Gasteiger partial charge in [0.1, 0.15) is 5.75 Å². The molecule has 1 unspecified atom stereocenters. The first kappa shape index (κ1) is 24.3. The molecule has 2 amide bonds. The molecule has 1 atom stereocenters. The minimum atomic E-state index is -0.327. The van der Waals surface area contributed by atoms with E-state index in [0.717, 1.165) is 5.56 Å². The molecular weight excluding hydrogens is 438 g/mol. The lowest BCUT2D eigenvalue weighted by Crippen LogP contribution is -2.33. The van der Waals surface area contributed by atoms with Crippen molar-refractivity contribution in [3.05, 3.63) is 65.5 Å². The molecule has 33 heavy (non-hydrogen) atoms. The van der Waals surface area contributed by atoms with Gasteiger partial charge in [-0.25, -0.2) is 0 Å². The summed E-state index contributed by atoms with van der Waals surface area (Å²) in [6.45, 7) is 5.99. The number of carbonyl (C=O) groups is 2. The quantitative estimate of drug-likeness (QED) is 0.462. The second-order valence-electron chi connectivity index (χ2n) is 8.00. The molecule has 0 spiro atoms. The maximum absolute atomic E-state index is 12.8. The van der Waals surface area contributed by atoms with E-state index < -0.39 is 0 Å². The van der Waals surface area contributed by atoms with E-state index in [0.29, 0.717) is 28.0 Å². The predicted molar refractivity (Wildman–Crippen MR) is 130 cm³/mol. The Kier molecular flexibility index (Phi) is 8.11. The number of para-hydroxylation sites is 2. The van der Waals surface area contributed by atoms with Crippen LogP contribution in [0.2, 0.25) is 0 Å². The largest absolute Gasteiger partial charge is 0.495 e. The molecule has 0 radical (unpaired) electrons. The summed E-state index contributed by atoms with van der Waals surface area (Å²) in [6, 6.07) is 14.4. The monoisotopic (exact) mass is 467 g/mol. The van der Waals surface area contributed by atoms with Crippen LogP contribution in [0.4, 0.5) is 5.69 Å². The first-order chi connectivity index (χ1) is 15.8. The number of ether oxygens (including phenoxy) is 1. The molecule has 3 aromatic rings. The minimum absolute atomic E-state index is 0.0911. The van der Waals surface area contributed by atoms with Gasteiger partial charge in [-0.3, -0.25) is 9.59 Å². The van der Waals surface area contributed by atoms with Crippen LogP contribution in [0.25, 0.3) is 0 Å². The number of hydrogen-bond donors (Lipinski definition) is 2. The van der Waals surface area contributed by atoms with Crippen LogP contribution in [-0.4, -0.2) is 39.4 Å². The van der Waals surface area contributed by atoms with Gasteiger partial charge in [0.15, 0.2) is 11.0 Å². The van der Waals surface area contributed by atoms with Crippen LogP contribution in [0, 0.1) is 12.8 Å². The number of aryl methyl sites for hydroxylation is 1. The number of amides is 2. The third kappa shape index (κ3) is 6.13. The summed E-state index contributed by atoms with van der Waals surface area (Å²) >= 11 is 1.28. The zero-order valence-electron chi connectivity index (χ0n) is 19.5. The van der Waals surface area contributed by atoms with E-state index in [4.69, 9.17) is 4.74 Å². The highest BCUT2D eigenvalue weighted by atomic mass is 32.2. The smallest absolute Gasteiger partial charge is 0.251 e. The van der Waals surface area contributed by atoms with Crippen LogP contribution in [0.1, 0.15) is 41.6 Å². The van der Waals surface area contributed by atoms with E-state index in [9.17, 15) is 9.59 Å². The minimum Gasteiger partial charge on any atom is -0.495 e. The molecule has 0 aliphatic carbocycles. The van der Waals surface area contributed by atoms with Crippen LogP contribution >= 0.6 is 11.8 Å². The SMILES string of the molecule is COc1ccccc1NC(=O)CSc1nnc(C(NC(=O)c2cccc(C)c2)C(C)C)n1C. The Hall–Kier alpha value is -3.33. The number of thioether (sulfide) groups is 1. The van der Waals surface area contributed by atoms with E-state index >= 15 is 0 Å². The first-order valence-electron chi connectivity index (χ1n) is 10.6.